The van der Waals surface area contributed by atoms with Crippen LogP contribution in [0.5, 0.6) is 0 Å². The molecule has 0 atom stereocenters. The Morgan fingerprint density at radius 2 is 2.03 bits per heavy atom. The Balaban J connectivity index is 1.55. The number of nitrogens with zero attached hydrogens (tertiary/aromatic N) is 5. The van der Waals surface area contributed by atoms with Crippen LogP contribution in [0.25, 0.3) is 5.78 Å². The van der Waals surface area contributed by atoms with Crippen molar-refractivity contribution in [3.8, 4) is 6.07 Å². The fourth-order valence-corrected chi connectivity index (χ4v) is 3.97. The van der Waals surface area contributed by atoms with Gasteiger partial charge >= 0.3 is 5.97 Å². The van der Waals surface area contributed by atoms with Crippen LogP contribution in [-0.2, 0) is 20.7 Å². The quantitative estimate of drug-likeness (QED) is 0.536. The third-order valence-electron chi connectivity index (χ3n) is 5.21. The lowest BCUT2D eigenvalue weighted by atomic mass is 10.00. The SMILES string of the molecule is CSc1nc2nc(C)c(CCC(=O)OCC(=O)NC3(C#N)CCCC3)c(C)n2n1. The molecule has 0 spiro atoms. The molecule has 1 amide bonds. The monoisotopic (exact) mass is 416 g/mol. The topological polar surface area (TPSA) is 122 Å². The number of aryl methyl sites for hydroxylation is 2. The summed E-state index contributed by atoms with van der Waals surface area (Å²) >= 11 is 1.44. The van der Waals surface area contributed by atoms with Crippen LogP contribution in [0.4, 0.5) is 0 Å². The van der Waals surface area contributed by atoms with Crippen molar-refractivity contribution < 1.29 is 14.3 Å². The molecule has 154 valence electrons. The third-order valence-corrected chi connectivity index (χ3v) is 5.74. The first-order valence-electron chi connectivity index (χ1n) is 9.52. The molecule has 3 rings (SSSR count). The van der Waals surface area contributed by atoms with E-state index in [0.29, 0.717) is 30.2 Å². The van der Waals surface area contributed by atoms with Gasteiger partial charge in [-0.2, -0.15) is 10.2 Å². The molecule has 2 aromatic heterocycles. The van der Waals surface area contributed by atoms with E-state index in [0.717, 1.165) is 29.8 Å². The van der Waals surface area contributed by atoms with Crippen LogP contribution in [0.1, 0.15) is 49.1 Å². The Morgan fingerprint density at radius 3 is 2.69 bits per heavy atom. The van der Waals surface area contributed by atoms with Crippen LogP contribution < -0.4 is 5.32 Å². The molecule has 1 aliphatic carbocycles. The number of nitriles is 1. The lowest BCUT2D eigenvalue weighted by Crippen LogP contribution is -2.46. The largest absolute Gasteiger partial charge is 0.456 e. The second kappa shape index (κ2) is 8.78. The molecule has 1 aliphatic rings. The molecule has 1 fully saturated rings. The highest BCUT2D eigenvalue weighted by molar-refractivity contribution is 7.98. The van der Waals surface area contributed by atoms with Crippen molar-refractivity contribution in [2.24, 2.45) is 0 Å². The predicted molar refractivity (Wildman–Crippen MR) is 106 cm³/mol. The maximum atomic E-state index is 12.1. The summed E-state index contributed by atoms with van der Waals surface area (Å²) in [6.07, 6.45) is 5.54. The summed E-state index contributed by atoms with van der Waals surface area (Å²) in [6.45, 7) is 3.41. The summed E-state index contributed by atoms with van der Waals surface area (Å²) in [4.78, 5) is 33.0. The molecule has 0 unspecified atom stereocenters. The first-order chi connectivity index (χ1) is 13.9. The number of rotatable bonds is 7. The Morgan fingerprint density at radius 1 is 1.31 bits per heavy atom. The van der Waals surface area contributed by atoms with Gasteiger partial charge in [0, 0.05) is 17.8 Å². The van der Waals surface area contributed by atoms with Crippen LogP contribution in [0.15, 0.2) is 5.16 Å². The molecular weight excluding hydrogens is 392 g/mol. The maximum Gasteiger partial charge on any atom is 0.306 e. The summed E-state index contributed by atoms with van der Waals surface area (Å²) in [5.41, 5.74) is 1.76. The Bertz CT molecular complexity index is 974. The Kier molecular flexibility index (Phi) is 6.37. The average molecular weight is 417 g/mol. The minimum absolute atomic E-state index is 0.121. The number of fused-ring (bicyclic) bond motifs is 1. The highest BCUT2D eigenvalue weighted by Gasteiger charge is 2.35. The number of nitrogens with one attached hydrogen (secondary N) is 1. The number of esters is 1. The van der Waals surface area contributed by atoms with Crippen molar-refractivity contribution in [3.63, 3.8) is 0 Å². The Hall–Kier alpha value is -2.67. The highest BCUT2D eigenvalue weighted by Crippen LogP contribution is 2.28. The molecule has 0 radical (unpaired) electrons. The minimum Gasteiger partial charge on any atom is -0.456 e. The van der Waals surface area contributed by atoms with E-state index in [1.54, 1.807) is 4.52 Å². The molecular formula is C19H24N6O3S. The van der Waals surface area contributed by atoms with Crippen LogP contribution in [-0.4, -0.2) is 49.9 Å². The molecule has 1 saturated carbocycles. The van der Waals surface area contributed by atoms with Crippen LogP contribution >= 0.6 is 11.8 Å². The molecule has 0 saturated heterocycles. The maximum absolute atomic E-state index is 12.1. The van der Waals surface area contributed by atoms with E-state index >= 15 is 0 Å². The van der Waals surface area contributed by atoms with Gasteiger partial charge in [0.2, 0.25) is 5.16 Å². The smallest absolute Gasteiger partial charge is 0.306 e. The molecule has 2 aromatic rings. The van der Waals surface area contributed by atoms with Crippen molar-refractivity contribution in [3.05, 3.63) is 17.0 Å². The van der Waals surface area contributed by atoms with Crippen LogP contribution in [0, 0.1) is 25.2 Å². The normalized spacial score (nSPS) is 15.2. The number of carbonyl (C=O) groups is 2. The van der Waals surface area contributed by atoms with Crippen LogP contribution in [0.3, 0.4) is 0 Å². The predicted octanol–water partition coefficient (Wildman–Crippen LogP) is 1.89. The second-order valence-electron chi connectivity index (χ2n) is 7.18. The van der Waals surface area contributed by atoms with Gasteiger partial charge in [-0.3, -0.25) is 9.59 Å². The summed E-state index contributed by atoms with van der Waals surface area (Å²) in [5.74, 6) is -0.380. The summed E-state index contributed by atoms with van der Waals surface area (Å²) in [5, 5.41) is 17.0. The number of hydrogen-bond donors (Lipinski definition) is 1. The van der Waals surface area contributed by atoms with Gasteiger partial charge in [0.25, 0.3) is 11.7 Å². The van der Waals surface area contributed by atoms with Gasteiger partial charge in [-0.15, -0.1) is 5.10 Å². The van der Waals surface area contributed by atoms with E-state index in [1.807, 2.05) is 20.1 Å². The molecule has 10 heteroatoms. The zero-order valence-corrected chi connectivity index (χ0v) is 17.6. The molecule has 1 N–H and O–H groups in total. The minimum atomic E-state index is -0.813. The third kappa shape index (κ3) is 4.67. The van der Waals surface area contributed by atoms with Gasteiger partial charge in [-0.1, -0.05) is 11.8 Å². The average Bonchev–Trinajstić information content (AvgIpc) is 3.33. The van der Waals surface area contributed by atoms with Crippen molar-refractivity contribution in [2.75, 3.05) is 12.9 Å². The number of carbonyl (C=O) groups excluding carboxylic acids is 2. The fraction of sp³-hybridized carbons (Fsp3) is 0.579. The van der Waals surface area contributed by atoms with Crippen LogP contribution in [0.2, 0.25) is 0 Å². The standard InChI is InChI=1S/C19H24N6O3S/c1-12-14(13(2)25-17(21-12)22-18(24-25)29-3)6-7-16(27)28-10-15(26)23-19(11-20)8-4-5-9-19/h4-10H2,1-3H3,(H,23,26). The highest BCUT2D eigenvalue weighted by atomic mass is 32.2. The van der Waals surface area contributed by atoms with Gasteiger partial charge < -0.3 is 10.1 Å². The zero-order valence-electron chi connectivity index (χ0n) is 16.8. The number of aromatic nitrogens is 4. The zero-order chi connectivity index (χ0) is 21.0. The van der Waals surface area contributed by atoms with E-state index < -0.39 is 17.4 Å². The van der Waals surface area contributed by atoms with Crippen molar-refractivity contribution in [2.45, 2.75) is 63.1 Å². The Labute approximate surface area is 173 Å². The van der Waals surface area contributed by atoms with E-state index in [1.165, 1.54) is 11.8 Å². The van der Waals surface area contributed by atoms with Gasteiger partial charge in [-0.05, 0) is 57.8 Å². The molecule has 0 aliphatic heterocycles. The van der Waals surface area contributed by atoms with E-state index in [2.05, 4.69) is 26.5 Å². The van der Waals surface area contributed by atoms with Gasteiger partial charge in [-0.25, -0.2) is 9.50 Å². The van der Waals surface area contributed by atoms with Gasteiger partial charge in [0.15, 0.2) is 6.61 Å². The number of ether oxygens (including phenoxy) is 1. The van der Waals surface area contributed by atoms with Gasteiger partial charge in [0.1, 0.15) is 5.54 Å². The molecule has 2 heterocycles. The van der Waals surface area contributed by atoms with Crippen molar-refractivity contribution in [1.82, 2.24) is 24.9 Å². The summed E-state index contributed by atoms with van der Waals surface area (Å²) < 4.78 is 6.77. The molecule has 0 aromatic carbocycles. The van der Waals surface area contributed by atoms with Crippen molar-refractivity contribution in [1.29, 1.82) is 5.26 Å². The van der Waals surface area contributed by atoms with E-state index in [9.17, 15) is 14.9 Å². The number of thioether (sulfide) groups is 1. The van der Waals surface area contributed by atoms with E-state index in [-0.39, 0.29) is 13.0 Å². The lowest BCUT2D eigenvalue weighted by molar-refractivity contribution is -0.148. The lowest BCUT2D eigenvalue weighted by Gasteiger charge is -2.21. The number of hydrogen-bond acceptors (Lipinski definition) is 8. The molecule has 29 heavy (non-hydrogen) atoms. The van der Waals surface area contributed by atoms with E-state index in [4.69, 9.17) is 4.74 Å². The second-order valence-corrected chi connectivity index (χ2v) is 7.95. The summed E-state index contributed by atoms with van der Waals surface area (Å²) in [7, 11) is 0. The summed E-state index contributed by atoms with van der Waals surface area (Å²) in [6, 6.07) is 2.18. The van der Waals surface area contributed by atoms with Gasteiger partial charge in [0.05, 0.1) is 6.07 Å². The fourth-order valence-electron chi connectivity index (χ4n) is 3.63. The molecule has 0 bridgehead atoms. The first kappa shape index (κ1) is 21.0. The molecule has 9 nitrogen and oxygen atoms in total. The number of amides is 1. The first-order valence-corrected chi connectivity index (χ1v) is 10.7. The van der Waals surface area contributed by atoms with Crippen molar-refractivity contribution >= 4 is 29.4 Å².